The predicted octanol–water partition coefficient (Wildman–Crippen LogP) is 1.91. The molecule has 2 rings (SSSR count). The second-order valence-electron chi connectivity index (χ2n) is 4.90. The van der Waals surface area contributed by atoms with Gasteiger partial charge in [0.1, 0.15) is 6.61 Å². The largest absolute Gasteiger partial charge is 0.445 e. The lowest BCUT2D eigenvalue weighted by molar-refractivity contribution is 0.132. The van der Waals surface area contributed by atoms with Crippen LogP contribution in [0, 0.1) is 5.92 Å². The predicted molar refractivity (Wildman–Crippen MR) is 70.2 cm³/mol. The van der Waals surface area contributed by atoms with E-state index in [1.54, 1.807) is 0 Å². The molecule has 0 spiro atoms. The van der Waals surface area contributed by atoms with Gasteiger partial charge in [-0.05, 0) is 24.4 Å². The van der Waals surface area contributed by atoms with Gasteiger partial charge in [0.2, 0.25) is 0 Å². The van der Waals surface area contributed by atoms with Gasteiger partial charge in [0, 0.05) is 12.6 Å². The van der Waals surface area contributed by atoms with Gasteiger partial charge in [-0.15, -0.1) is 0 Å². The molecule has 4 nitrogen and oxygen atoms in total. The Balaban J connectivity index is 1.72. The number of hydrogen-bond acceptors (Lipinski definition) is 3. The Hall–Kier alpha value is -1.55. The molecule has 0 saturated carbocycles. The summed E-state index contributed by atoms with van der Waals surface area (Å²) in [4.78, 5) is 11.6. The van der Waals surface area contributed by atoms with Crippen molar-refractivity contribution in [1.29, 1.82) is 0 Å². The third-order valence-electron chi connectivity index (χ3n) is 3.11. The normalized spacial score (nSPS) is 23.4. The van der Waals surface area contributed by atoms with E-state index >= 15 is 0 Å². The zero-order valence-electron chi connectivity index (χ0n) is 10.7. The molecule has 1 aromatic carbocycles. The monoisotopic (exact) mass is 248 g/mol. The maximum atomic E-state index is 11.6. The molecule has 4 heteroatoms. The van der Waals surface area contributed by atoms with Gasteiger partial charge in [0.05, 0.1) is 0 Å². The lowest BCUT2D eigenvalue weighted by Gasteiger charge is -2.28. The summed E-state index contributed by atoms with van der Waals surface area (Å²) in [5.74, 6) is 0.596. The summed E-state index contributed by atoms with van der Waals surface area (Å²) in [6.45, 7) is 4.35. The lowest BCUT2D eigenvalue weighted by Crippen LogP contribution is -2.48. The van der Waals surface area contributed by atoms with Crippen molar-refractivity contribution in [3.05, 3.63) is 35.9 Å². The van der Waals surface area contributed by atoms with Crippen LogP contribution in [0.5, 0.6) is 0 Å². The number of nitrogens with one attached hydrogen (secondary N) is 2. The zero-order valence-corrected chi connectivity index (χ0v) is 10.7. The fourth-order valence-corrected chi connectivity index (χ4v) is 2.20. The Bertz CT molecular complexity index is 381. The number of rotatable bonds is 3. The molecule has 1 aromatic rings. The molecule has 1 aliphatic rings. The van der Waals surface area contributed by atoms with Gasteiger partial charge in [-0.1, -0.05) is 37.3 Å². The second kappa shape index (κ2) is 6.40. The summed E-state index contributed by atoms with van der Waals surface area (Å²) in [6, 6.07) is 9.87. The smallest absolute Gasteiger partial charge is 0.407 e. The van der Waals surface area contributed by atoms with Crippen molar-refractivity contribution in [1.82, 2.24) is 10.6 Å². The molecule has 0 aliphatic carbocycles. The first-order valence-electron chi connectivity index (χ1n) is 6.42. The fraction of sp³-hybridized carbons (Fsp3) is 0.500. The third kappa shape index (κ3) is 4.04. The van der Waals surface area contributed by atoms with Gasteiger partial charge in [0.25, 0.3) is 0 Å². The number of hydrogen-bond donors (Lipinski definition) is 2. The third-order valence-corrected chi connectivity index (χ3v) is 3.11. The molecule has 0 aromatic heterocycles. The molecule has 98 valence electrons. The minimum atomic E-state index is -0.334. The van der Waals surface area contributed by atoms with Gasteiger partial charge < -0.3 is 15.4 Å². The second-order valence-corrected chi connectivity index (χ2v) is 4.90. The summed E-state index contributed by atoms with van der Waals surface area (Å²) in [6.07, 6.45) is 0.674. The first-order valence-corrected chi connectivity index (χ1v) is 6.42. The molecule has 2 atom stereocenters. The topological polar surface area (TPSA) is 50.4 Å². The number of carbonyl (C=O) groups excluding carboxylic acids is 1. The molecule has 1 fully saturated rings. The Kier molecular flexibility index (Phi) is 4.59. The van der Waals surface area contributed by atoms with Gasteiger partial charge in [-0.25, -0.2) is 4.79 Å². The van der Waals surface area contributed by atoms with Crippen molar-refractivity contribution in [2.24, 2.45) is 5.92 Å². The van der Waals surface area contributed by atoms with Crippen LogP contribution in [0.2, 0.25) is 0 Å². The van der Waals surface area contributed by atoms with E-state index in [2.05, 4.69) is 17.6 Å². The molecular weight excluding hydrogens is 228 g/mol. The van der Waals surface area contributed by atoms with Crippen LogP contribution in [-0.2, 0) is 11.3 Å². The molecule has 0 radical (unpaired) electrons. The van der Waals surface area contributed by atoms with Gasteiger partial charge in [0.15, 0.2) is 0 Å². The van der Waals surface area contributed by atoms with E-state index in [-0.39, 0.29) is 12.1 Å². The van der Waals surface area contributed by atoms with Crippen LogP contribution in [-0.4, -0.2) is 25.2 Å². The van der Waals surface area contributed by atoms with Crippen molar-refractivity contribution >= 4 is 6.09 Å². The average molecular weight is 248 g/mol. The molecule has 0 bridgehead atoms. The van der Waals surface area contributed by atoms with E-state index < -0.39 is 0 Å². The van der Waals surface area contributed by atoms with E-state index in [1.807, 2.05) is 30.3 Å². The van der Waals surface area contributed by atoms with Crippen molar-refractivity contribution < 1.29 is 9.53 Å². The molecule has 18 heavy (non-hydrogen) atoms. The first-order chi connectivity index (χ1) is 8.74. The Morgan fingerprint density at radius 2 is 2.17 bits per heavy atom. The highest BCUT2D eigenvalue weighted by molar-refractivity contribution is 5.67. The van der Waals surface area contributed by atoms with Crippen LogP contribution < -0.4 is 10.6 Å². The van der Waals surface area contributed by atoms with E-state index in [4.69, 9.17) is 4.74 Å². The lowest BCUT2D eigenvalue weighted by atomic mass is 9.98. The quantitative estimate of drug-likeness (QED) is 0.859. The zero-order chi connectivity index (χ0) is 12.8. The highest BCUT2D eigenvalue weighted by atomic mass is 16.5. The summed E-state index contributed by atoms with van der Waals surface area (Å²) < 4.78 is 5.19. The van der Waals surface area contributed by atoms with Crippen LogP contribution >= 0.6 is 0 Å². The van der Waals surface area contributed by atoms with Crippen LogP contribution in [0.4, 0.5) is 4.79 Å². The van der Waals surface area contributed by atoms with E-state index in [9.17, 15) is 4.79 Å². The summed E-state index contributed by atoms with van der Waals surface area (Å²) in [5.41, 5.74) is 1.00. The standard InChI is InChI=1S/C14H20N2O2/c1-11-7-13(9-15-8-11)16-14(17)18-10-12-5-3-2-4-6-12/h2-6,11,13,15H,7-10H2,1H3,(H,16,17)/t11-,13-/m0/s1. The van der Waals surface area contributed by atoms with Crippen molar-refractivity contribution in [3.8, 4) is 0 Å². The van der Waals surface area contributed by atoms with E-state index in [1.165, 1.54) is 0 Å². The van der Waals surface area contributed by atoms with E-state index in [0.29, 0.717) is 12.5 Å². The van der Waals surface area contributed by atoms with Gasteiger partial charge >= 0.3 is 6.09 Å². The van der Waals surface area contributed by atoms with Crippen molar-refractivity contribution in [3.63, 3.8) is 0 Å². The molecule has 0 unspecified atom stereocenters. The number of ether oxygens (including phenoxy) is 1. The van der Waals surface area contributed by atoms with E-state index in [0.717, 1.165) is 25.1 Å². The molecular formula is C14H20N2O2. The van der Waals surface area contributed by atoms with Crippen LogP contribution in [0.15, 0.2) is 30.3 Å². The summed E-state index contributed by atoms with van der Waals surface area (Å²) in [7, 11) is 0. The van der Waals surface area contributed by atoms with Crippen LogP contribution in [0.25, 0.3) is 0 Å². The molecule has 2 N–H and O–H groups in total. The minimum Gasteiger partial charge on any atom is -0.445 e. The Morgan fingerprint density at radius 3 is 2.89 bits per heavy atom. The first kappa shape index (κ1) is 12.9. The van der Waals surface area contributed by atoms with Crippen molar-refractivity contribution in [2.45, 2.75) is 26.0 Å². The number of carbonyl (C=O) groups is 1. The number of piperidine rings is 1. The Labute approximate surface area is 108 Å². The molecule has 1 saturated heterocycles. The van der Waals surface area contributed by atoms with Crippen LogP contribution in [0.1, 0.15) is 18.9 Å². The maximum Gasteiger partial charge on any atom is 0.407 e. The van der Waals surface area contributed by atoms with Gasteiger partial charge in [-0.3, -0.25) is 0 Å². The number of benzene rings is 1. The molecule has 1 aliphatic heterocycles. The summed E-state index contributed by atoms with van der Waals surface area (Å²) in [5, 5.41) is 6.19. The number of amides is 1. The summed E-state index contributed by atoms with van der Waals surface area (Å²) >= 11 is 0. The molecule has 1 amide bonds. The highest BCUT2D eigenvalue weighted by Crippen LogP contribution is 2.09. The molecule has 1 heterocycles. The Morgan fingerprint density at radius 1 is 1.39 bits per heavy atom. The highest BCUT2D eigenvalue weighted by Gasteiger charge is 2.20. The van der Waals surface area contributed by atoms with Crippen molar-refractivity contribution in [2.75, 3.05) is 13.1 Å². The fourth-order valence-electron chi connectivity index (χ4n) is 2.20. The maximum absolute atomic E-state index is 11.6. The number of alkyl carbamates (subject to hydrolysis) is 1. The average Bonchev–Trinajstić information content (AvgIpc) is 2.38. The van der Waals surface area contributed by atoms with Crippen LogP contribution in [0.3, 0.4) is 0 Å². The van der Waals surface area contributed by atoms with Gasteiger partial charge in [-0.2, -0.15) is 0 Å². The SMILES string of the molecule is C[C@@H]1CNC[C@@H](NC(=O)OCc2ccccc2)C1. The minimum absolute atomic E-state index is 0.178.